The molecular weight excluding hydrogens is 216 g/mol. The molecule has 0 radical (unpaired) electrons. The van der Waals surface area contributed by atoms with Gasteiger partial charge in [0.2, 0.25) is 0 Å². The molecule has 1 aliphatic rings. The summed E-state index contributed by atoms with van der Waals surface area (Å²) >= 11 is 0. The van der Waals surface area contributed by atoms with E-state index in [1.807, 2.05) is 13.0 Å². The molecule has 4 nitrogen and oxygen atoms in total. The number of aliphatic hydroxyl groups excluding tert-OH is 1. The zero-order valence-electron chi connectivity index (χ0n) is 10.5. The second-order valence-corrected chi connectivity index (χ2v) is 4.59. The summed E-state index contributed by atoms with van der Waals surface area (Å²) in [6.07, 6.45) is 3.02. The Bertz CT molecular complexity index is 382. The first kappa shape index (κ1) is 12.3. The summed E-state index contributed by atoms with van der Waals surface area (Å²) in [4.78, 5) is 6.52. The zero-order valence-corrected chi connectivity index (χ0v) is 10.5. The lowest BCUT2D eigenvalue weighted by Gasteiger charge is -2.26. The summed E-state index contributed by atoms with van der Waals surface area (Å²) in [5, 5.41) is 9.38. The molecule has 4 heteroatoms. The predicted molar refractivity (Wildman–Crippen MR) is 67.1 cm³/mol. The van der Waals surface area contributed by atoms with E-state index in [4.69, 9.17) is 4.74 Å². The van der Waals surface area contributed by atoms with Gasteiger partial charge in [-0.2, -0.15) is 0 Å². The molecule has 1 saturated heterocycles. The van der Waals surface area contributed by atoms with Gasteiger partial charge in [-0.15, -0.1) is 0 Å². The average Bonchev–Trinajstić information content (AvgIpc) is 2.54. The predicted octanol–water partition coefficient (Wildman–Crippen LogP) is 1.50. The smallest absolute Gasteiger partial charge is 0.0721 e. The summed E-state index contributed by atoms with van der Waals surface area (Å²) in [6, 6.07) is 2.05. The van der Waals surface area contributed by atoms with Crippen molar-refractivity contribution in [2.75, 3.05) is 24.6 Å². The van der Waals surface area contributed by atoms with Crippen molar-refractivity contribution in [2.45, 2.75) is 33.0 Å². The standard InChI is InChI=1S/C13H20N2O2/c1-10-6-13(12(9-16)7-14-10)15-4-3-5-17-11(2)8-15/h6-7,11,16H,3-5,8-9H2,1-2H3. The highest BCUT2D eigenvalue weighted by Gasteiger charge is 2.18. The molecule has 1 atom stereocenters. The minimum absolute atomic E-state index is 0.0361. The monoisotopic (exact) mass is 236 g/mol. The Morgan fingerprint density at radius 1 is 1.59 bits per heavy atom. The molecule has 1 N–H and O–H groups in total. The van der Waals surface area contributed by atoms with Crippen LogP contribution in [-0.2, 0) is 11.3 Å². The highest BCUT2D eigenvalue weighted by molar-refractivity contribution is 5.53. The van der Waals surface area contributed by atoms with Crippen LogP contribution in [0, 0.1) is 6.92 Å². The third-order valence-electron chi connectivity index (χ3n) is 3.06. The summed E-state index contributed by atoms with van der Waals surface area (Å²) < 4.78 is 5.64. The number of ether oxygens (including phenoxy) is 1. The lowest BCUT2D eigenvalue weighted by Crippen LogP contribution is -2.31. The van der Waals surface area contributed by atoms with Gasteiger partial charge in [-0.05, 0) is 26.3 Å². The normalized spacial score (nSPS) is 21.4. The molecule has 2 heterocycles. The van der Waals surface area contributed by atoms with Crippen LogP contribution < -0.4 is 4.90 Å². The number of aromatic nitrogens is 1. The molecule has 0 aromatic carbocycles. The SMILES string of the molecule is Cc1cc(N2CCCOC(C)C2)c(CO)cn1. The van der Waals surface area contributed by atoms with Crippen LogP contribution in [0.4, 0.5) is 5.69 Å². The van der Waals surface area contributed by atoms with E-state index in [9.17, 15) is 5.11 Å². The molecule has 1 aromatic heterocycles. The Morgan fingerprint density at radius 2 is 2.41 bits per heavy atom. The molecule has 0 bridgehead atoms. The van der Waals surface area contributed by atoms with Crippen LogP contribution in [0.2, 0.25) is 0 Å². The van der Waals surface area contributed by atoms with Crippen molar-refractivity contribution in [3.05, 3.63) is 23.5 Å². The molecule has 1 unspecified atom stereocenters. The number of aryl methyl sites for hydroxylation is 1. The second-order valence-electron chi connectivity index (χ2n) is 4.59. The van der Waals surface area contributed by atoms with Crippen LogP contribution in [0.1, 0.15) is 24.6 Å². The molecule has 2 rings (SSSR count). The first-order valence-corrected chi connectivity index (χ1v) is 6.13. The highest BCUT2D eigenvalue weighted by Crippen LogP contribution is 2.23. The Morgan fingerprint density at radius 3 is 3.18 bits per heavy atom. The molecule has 0 spiro atoms. The highest BCUT2D eigenvalue weighted by atomic mass is 16.5. The number of hydrogen-bond donors (Lipinski definition) is 1. The van der Waals surface area contributed by atoms with Gasteiger partial charge < -0.3 is 14.7 Å². The number of hydrogen-bond acceptors (Lipinski definition) is 4. The van der Waals surface area contributed by atoms with Crippen LogP contribution in [0.5, 0.6) is 0 Å². The van der Waals surface area contributed by atoms with E-state index in [0.717, 1.165) is 43.1 Å². The zero-order chi connectivity index (χ0) is 12.3. The Hall–Kier alpha value is -1.13. The van der Waals surface area contributed by atoms with Gasteiger partial charge in [0.1, 0.15) is 0 Å². The Labute approximate surface area is 102 Å². The van der Waals surface area contributed by atoms with E-state index in [1.54, 1.807) is 6.20 Å². The molecule has 1 fully saturated rings. The van der Waals surface area contributed by atoms with Crippen molar-refractivity contribution in [3.63, 3.8) is 0 Å². The third-order valence-corrected chi connectivity index (χ3v) is 3.06. The first-order chi connectivity index (χ1) is 8.20. The van der Waals surface area contributed by atoms with Crippen LogP contribution in [0.3, 0.4) is 0 Å². The van der Waals surface area contributed by atoms with Gasteiger partial charge in [-0.25, -0.2) is 0 Å². The quantitative estimate of drug-likeness (QED) is 0.845. The van der Waals surface area contributed by atoms with Crippen LogP contribution >= 0.6 is 0 Å². The van der Waals surface area contributed by atoms with Gasteiger partial charge in [-0.3, -0.25) is 4.98 Å². The van der Waals surface area contributed by atoms with Gasteiger partial charge >= 0.3 is 0 Å². The molecule has 0 aliphatic carbocycles. The van der Waals surface area contributed by atoms with Crippen LogP contribution in [-0.4, -0.2) is 35.9 Å². The number of pyridine rings is 1. The summed E-state index contributed by atoms with van der Waals surface area (Å²) in [5.74, 6) is 0. The van der Waals surface area contributed by atoms with Crippen molar-refractivity contribution in [2.24, 2.45) is 0 Å². The fraction of sp³-hybridized carbons (Fsp3) is 0.615. The number of aliphatic hydroxyl groups is 1. The summed E-state index contributed by atoms with van der Waals surface area (Å²) in [6.45, 7) is 6.76. The maximum absolute atomic E-state index is 9.38. The average molecular weight is 236 g/mol. The fourth-order valence-electron chi connectivity index (χ4n) is 2.20. The first-order valence-electron chi connectivity index (χ1n) is 6.13. The van der Waals surface area contributed by atoms with E-state index in [-0.39, 0.29) is 12.7 Å². The van der Waals surface area contributed by atoms with Crippen molar-refractivity contribution >= 4 is 5.69 Å². The van der Waals surface area contributed by atoms with E-state index >= 15 is 0 Å². The van der Waals surface area contributed by atoms with Crippen LogP contribution in [0.15, 0.2) is 12.3 Å². The van der Waals surface area contributed by atoms with Gasteiger partial charge in [0.05, 0.1) is 12.7 Å². The van der Waals surface area contributed by atoms with Crippen molar-refractivity contribution < 1.29 is 9.84 Å². The van der Waals surface area contributed by atoms with Crippen molar-refractivity contribution in [1.82, 2.24) is 4.98 Å². The largest absolute Gasteiger partial charge is 0.392 e. The third kappa shape index (κ3) is 2.96. The number of rotatable bonds is 2. The Balaban J connectivity index is 2.27. The fourth-order valence-corrected chi connectivity index (χ4v) is 2.20. The maximum atomic E-state index is 9.38. The summed E-state index contributed by atoms with van der Waals surface area (Å²) in [5.41, 5.74) is 2.97. The molecule has 17 heavy (non-hydrogen) atoms. The van der Waals surface area contributed by atoms with Gasteiger partial charge in [-0.1, -0.05) is 0 Å². The van der Waals surface area contributed by atoms with Gasteiger partial charge in [0.25, 0.3) is 0 Å². The minimum Gasteiger partial charge on any atom is -0.392 e. The topological polar surface area (TPSA) is 45.6 Å². The molecular formula is C13H20N2O2. The van der Waals surface area contributed by atoms with E-state index < -0.39 is 0 Å². The molecule has 0 saturated carbocycles. The van der Waals surface area contributed by atoms with E-state index in [2.05, 4.69) is 16.8 Å². The molecule has 1 aliphatic heterocycles. The minimum atomic E-state index is 0.0361. The van der Waals surface area contributed by atoms with Gasteiger partial charge in [0.15, 0.2) is 0 Å². The lowest BCUT2D eigenvalue weighted by molar-refractivity contribution is 0.0820. The molecule has 94 valence electrons. The van der Waals surface area contributed by atoms with E-state index in [0.29, 0.717) is 0 Å². The lowest BCUT2D eigenvalue weighted by atomic mass is 10.2. The number of anilines is 1. The number of nitrogens with zero attached hydrogens (tertiary/aromatic N) is 2. The van der Waals surface area contributed by atoms with Crippen molar-refractivity contribution in [1.29, 1.82) is 0 Å². The second kappa shape index (κ2) is 5.47. The molecule has 0 amide bonds. The Kier molecular flexibility index (Phi) is 3.97. The van der Waals surface area contributed by atoms with Gasteiger partial charge in [0, 0.05) is 42.8 Å². The van der Waals surface area contributed by atoms with E-state index in [1.165, 1.54) is 0 Å². The van der Waals surface area contributed by atoms with Crippen molar-refractivity contribution in [3.8, 4) is 0 Å². The van der Waals surface area contributed by atoms with Crippen LogP contribution in [0.25, 0.3) is 0 Å². The summed E-state index contributed by atoms with van der Waals surface area (Å²) in [7, 11) is 0. The molecule has 1 aromatic rings. The maximum Gasteiger partial charge on any atom is 0.0721 e.